The van der Waals surface area contributed by atoms with Gasteiger partial charge in [-0.15, -0.1) is 0 Å². The third kappa shape index (κ3) is 3.56. The van der Waals surface area contributed by atoms with Crippen molar-refractivity contribution in [1.29, 1.82) is 0 Å². The highest BCUT2D eigenvalue weighted by atomic mass is 16.1. The number of piperidine rings is 1. The van der Waals surface area contributed by atoms with Crippen molar-refractivity contribution >= 4 is 16.9 Å². The number of aromatic amines is 1. The van der Waals surface area contributed by atoms with Crippen molar-refractivity contribution in [3.8, 4) is 0 Å². The number of imidazole rings is 1. The number of hydrogen-bond donors (Lipinski definition) is 2. The summed E-state index contributed by atoms with van der Waals surface area (Å²) in [5.41, 5.74) is 5.03. The Kier molecular flexibility index (Phi) is 5.10. The Morgan fingerprint density at radius 3 is 2.72 bits per heavy atom. The van der Waals surface area contributed by atoms with E-state index in [1.165, 1.54) is 29.8 Å². The number of fused-ring (bicyclic) bond motifs is 4. The zero-order valence-electron chi connectivity index (χ0n) is 18.5. The summed E-state index contributed by atoms with van der Waals surface area (Å²) in [6.07, 6.45) is 5.45. The lowest BCUT2D eigenvalue weighted by molar-refractivity contribution is 0.191. The molecule has 2 aromatic carbocycles. The summed E-state index contributed by atoms with van der Waals surface area (Å²) in [7, 11) is 0. The lowest BCUT2D eigenvalue weighted by atomic mass is 9.80. The number of H-pyrrole nitrogens is 1. The van der Waals surface area contributed by atoms with Gasteiger partial charge in [0.25, 0.3) is 0 Å². The van der Waals surface area contributed by atoms with Gasteiger partial charge in [0.15, 0.2) is 0 Å². The van der Waals surface area contributed by atoms with E-state index >= 15 is 0 Å². The number of para-hydroxylation sites is 2. The number of aromatic nitrogens is 2. The summed E-state index contributed by atoms with van der Waals surface area (Å²) in [5.74, 6) is 1.78. The molecule has 2 atom stereocenters. The van der Waals surface area contributed by atoms with E-state index in [1.54, 1.807) is 0 Å². The number of aliphatic imine (C=N–C) groups is 1. The van der Waals surface area contributed by atoms with Crippen molar-refractivity contribution in [3.63, 3.8) is 0 Å². The third-order valence-corrected chi connectivity index (χ3v) is 7.70. The molecule has 3 aromatic rings. The Morgan fingerprint density at radius 2 is 1.81 bits per heavy atom. The first-order valence-corrected chi connectivity index (χ1v) is 12.1. The molecular weight excluding hydrogens is 398 g/mol. The van der Waals surface area contributed by atoms with Crippen LogP contribution in [0.2, 0.25) is 0 Å². The van der Waals surface area contributed by atoms with Crippen LogP contribution in [0.1, 0.15) is 48.8 Å². The zero-order chi connectivity index (χ0) is 21.5. The van der Waals surface area contributed by atoms with Crippen LogP contribution in [0.25, 0.3) is 11.0 Å². The van der Waals surface area contributed by atoms with Crippen molar-refractivity contribution in [2.24, 2.45) is 4.99 Å². The number of nitrogens with zero attached hydrogens (tertiary/aromatic N) is 3. The quantitative estimate of drug-likeness (QED) is 0.668. The Hall–Kier alpha value is -2.86. The summed E-state index contributed by atoms with van der Waals surface area (Å²) < 4.78 is 1.97. The Morgan fingerprint density at radius 1 is 1.00 bits per heavy atom. The van der Waals surface area contributed by atoms with Gasteiger partial charge in [-0.1, -0.05) is 36.4 Å². The highest BCUT2D eigenvalue weighted by Crippen LogP contribution is 2.37. The minimum atomic E-state index is 0.0198. The lowest BCUT2D eigenvalue weighted by Gasteiger charge is -2.32. The largest absolute Gasteiger partial charge is 0.370 e. The predicted octanol–water partition coefficient (Wildman–Crippen LogP) is 3.46. The van der Waals surface area contributed by atoms with Gasteiger partial charge in [-0.2, -0.15) is 0 Å². The van der Waals surface area contributed by atoms with Crippen molar-refractivity contribution in [2.75, 3.05) is 26.2 Å². The molecule has 0 saturated carbocycles. The molecule has 3 aliphatic rings. The number of nitrogens with one attached hydrogen (secondary N) is 2. The van der Waals surface area contributed by atoms with Gasteiger partial charge < -0.3 is 15.2 Å². The third-order valence-electron chi connectivity index (χ3n) is 7.70. The molecule has 0 amide bonds. The molecule has 2 saturated heterocycles. The number of likely N-dealkylation sites (tertiary alicyclic amines) is 1. The fraction of sp³-hybridized carbons (Fsp3) is 0.462. The van der Waals surface area contributed by atoms with Crippen LogP contribution in [0.5, 0.6) is 0 Å². The highest BCUT2D eigenvalue weighted by molar-refractivity contribution is 5.86. The normalized spacial score (nSPS) is 25.1. The van der Waals surface area contributed by atoms with Crippen LogP contribution < -0.4 is 11.0 Å². The Labute approximate surface area is 188 Å². The molecule has 2 N–H and O–H groups in total. The molecular formula is C26H31N5O. The van der Waals surface area contributed by atoms with Crippen molar-refractivity contribution in [1.82, 2.24) is 19.8 Å². The summed E-state index contributed by atoms with van der Waals surface area (Å²) in [4.78, 5) is 22.9. The molecule has 6 nitrogen and oxygen atoms in total. The molecule has 2 aliphatic heterocycles. The number of amidine groups is 1. The molecule has 1 aliphatic carbocycles. The fourth-order valence-corrected chi connectivity index (χ4v) is 6.03. The Bertz CT molecular complexity index is 1200. The van der Waals surface area contributed by atoms with Crippen LogP contribution >= 0.6 is 0 Å². The maximum absolute atomic E-state index is 12.5. The van der Waals surface area contributed by atoms with E-state index in [4.69, 9.17) is 4.99 Å². The predicted molar refractivity (Wildman–Crippen MR) is 129 cm³/mol. The highest BCUT2D eigenvalue weighted by Gasteiger charge is 2.35. The number of rotatable bonds is 4. The van der Waals surface area contributed by atoms with Gasteiger partial charge in [0, 0.05) is 44.1 Å². The van der Waals surface area contributed by atoms with Crippen LogP contribution in [0.15, 0.2) is 58.3 Å². The van der Waals surface area contributed by atoms with Gasteiger partial charge in [0.05, 0.1) is 23.4 Å². The van der Waals surface area contributed by atoms with E-state index in [0.717, 1.165) is 56.5 Å². The van der Waals surface area contributed by atoms with Crippen LogP contribution in [-0.4, -0.2) is 52.5 Å². The smallest absolute Gasteiger partial charge is 0.326 e. The number of hydrogen-bond acceptors (Lipinski definition) is 3. The molecule has 0 bridgehead atoms. The van der Waals surface area contributed by atoms with E-state index < -0.39 is 0 Å². The monoisotopic (exact) mass is 429 g/mol. The summed E-state index contributed by atoms with van der Waals surface area (Å²) >= 11 is 0. The fourth-order valence-electron chi connectivity index (χ4n) is 6.03. The summed E-state index contributed by atoms with van der Waals surface area (Å²) in [5, 5.41) is 3.71. The number of benzene rings is 2. The minimum Gasteiger partial charge on any atom is -0.370 e. The lowest BCUT2D eigenvalue weighted by Crippen LogP contribution is -2.38. The maximum Gasteiger partial charge on any atom is 0.326 e. The van der Waals surface area contributed by atoms with E-state index in [-0.39, 0.29) is 11.7 Å². The van der Waals surface area contributed by atoms with Crippen molar-refractivity contribution in [2.45, 2.75) is 50.1 Å². The molecule has 3 heterocycles. The van der Waals surface area contributed by atoms with Crippen LogP contribution in [0.4, 0.5) is 0 Å². The molecule has 166 valence electrons. The van der Waals surface area contributed by atoms with Gasteiger partial charge in [-0.3, -0.25) is 9.56 Å². The minimum absolute atomic E-state index is 0.0198. The second kappa shape index (κ2) is 8.24. The SMILES string of the molecule is O=c1[nH]c2ccccc2n1C1CCN(CCN=C2C[C@H]3c4ccccc4CC[C@H]3N2)CC1. The Balaban J connectivity index is 1.04. The zero-order valence-corrected chi connectivity index (χ0v) is 18.5. The topological polar surface area (TPSA) is 65.4 Å². The summed E-state index contributed by atoms with van der Waals surface area (Å²) in [6, 6.07) is 17.8. The van der Waals surface area contributed by atoms with Gasteiger partial charge in [-0.05, 0) is 48.9 Å². The average molecular weight is 430 g/mol. The van der Waals surface area contributed by atoms with Gasteiger partial charge in [0.1, 0.15) is 0 Å². The van der Waals surface area contributed by atoms with E-state index in [9.17, 15) is 4.79 Å². The van der Waals surface area contributed by atoms with Gasteiger partial charge >= 0.3 is 5.69 Å². The van der Waals surface area contributed by atoms with Gasteiger partial charge in [0.2, 0.25) is 0 Å². The number of aryl methyl sites for hydroxylation is 1. The van der Waals surface area contributed by atoms with E-state index in [1.807, 2.05) is 28.8 Å². The molecule has 6 rings (SSSR count). The van der Waals surface area contributed by atoms with Crippen LogP contribution in [-0.2, 0) is 6.42 Å². The van der Waals surface area contributed by atoms with E-state index in [0.29, 0.717) is 12.0 Å². The van der Waals surface area contributed by atoms with Gasteiger partial charge in [-0.25, -0.2) is 4.79 Å². The molecule has 0 unspecified atom stereocenters. The first kappa shape index (κ1) is 19.8. The molecule has 0 spiro atoms. The average Bonchev–Trinajstić information content (AvgIpc) is 3.39. The summed E-state index contributed by atoms with van der Waals surface area (Å²) in [6.45, 7) is 3.88. The molecule has 1 aromatic heterocycles. The second-order valence-corrected chi connectivity index (χ2v) is 9.52. The van der Waals surface area contributed by atoms with Crippen molar-refractivity contribution in [3.05, 3.63) is 70.1 Å². The molecule has 32 heavy (non-hydrogen) atoms. The van der Waals surface area contributed by atoms with Crippen LogP contribution in [0, 0.1) is 0 Å². The first-order chi connectivity index (χ1) is 15.8. The van der Waals surface area contributed by atoms with E-state index in [2.05, 4.69) is 39.5 Å². The first-order valence-electron chi connectivity index (χ1n) is 12.1. The second-order valence-electron chi connectivity index (χ2n) is 9.52. The standard InChI is InChI=1S/C26H31N5O/c32-26-29-23-7-3-4-8-24(23)31(26)19-11-14-30(15-12-19)16-13-27-25-17-21-20-6-2-1-5-18(20)9-10-22(21)28-25/h1-8,19,21-22H,9-17H2,(H,27,28)(H,29,32)/t21-,22+/m0/s1. The van der Waals surface area contributed by atoms with Crippen molar-refractivity contribution < 1.29 is 0 Å². The van der Waals surface area contributed by atoms with Crippen LogP contribution in [0.3, 0.4) is 0 Å². The molecule has 2 fully saturated rings. The molecule has 0 radical (unpaired) electrons. The maximum atomic E-state index is 12.5. The molecule has 6 heteroatoms.